The van der Waals surface area contributed by atoms with E-state index in [9.17, 15) is 9.59 Å². The SMILES string of the molecule is COC(=O)C1=C(CCl)NC(=O)N[C@H]1c1ccc(C)cc1. The van der Waals surface area contributed by atoms with Crippen LogP contribution in [0.2, 0.25) is 0 Å². The molecular weight excluding hydrogens is 280 g/mol. The van der Waals surface area contributed by atoms with Crippen molar-refractivity contribution in [1.82, 2.24) is 10.6 Å². The summed E-state index contributed by atoms with van der Waals surface area (Å²) in [6.45, 7) is 1.96. The van der Waals surface area contributed by atoms with Crippen molar-refractivity contribution in [2.75, 3.05) is 13.0 Å². The number of aryl methyl sites for hydroxylation is 1. The number of benzene rings is 1. The van der Waals surface area contributed by atoms with Crippen molar-refractivity contribution in [3.05, 3.63) is 46.7 Å². The second kappa shape index (κ2) is 5.96. The molecule has 2 amide bonds. The Kier molecular flexibility index (Phi) is 4.29. The summed E-state index contributed by atoms with van der Waals surface area (Å²) in [5.41, 5.74) is 2.59. The second-order valence-corrected chi connectivity index (χ2v) is 4.73. The van der Waals surface area contributed by atoms with Crippen LogP contribution in [-0.4, -0.2) is 25.0 Å². The third-order valence-electron chi connectivity index (χ3n) is 3.10. The lowest BCUT2D eigenvalue weighted by molar-refractivity contribution is -0.136. The summed E-state index contributed by atoms with van der Waals surface area (Å²) in [6, 6.07) is 6.60. The van der Waals surface area contributed by atoms with Crippen LogP contribution in [-0.2, 0) is 9.53 Å². The molecule has 5 nitrogen and oxygen atoms in total. The maximum atomic E-state index is 12.0. The zero-order valence-electron chi connectivity index (χ0n) is 11.2. The number of alkyl halides is 1. The number of ether oxygens (including phenoxy) is 1. The van der Waals surface area contributed by atoms with Crippen LogP contribution in [0.3, 0.4) is 0 Å². The number of hydrogen-bond acceptors (Lipinski definition) is 3. The number of hydrogen-bond donors (Lipinski definition) is 2. The summed E-state index contributed by atoms with van der Waals surface area (Å²) in [6.07, 6.45) is 0. The van der Waals surface area contributed by atoms with E-state index < -0.39 is 12.0 Å². The average Bonchev–Trinajstić information content (AvgIpc) is 2.46. The Balaban J connectivity index is 2.49. The number of methoxy groups -OCH3 is 1. The van der Waals surface area contributed by atoms with Crippen LogP contribution in [0, 0.1) is 6.92 Å². The number of nitrogens with one attached hydrogen (secondary N) is 2. The van der Waals surface area contributed by atoms with E-state index in [0.29, 0.717) is 11.3 Å². The van der Waals surface area contributed by atoms with Gasteiger partial charge in [0.1, 0.15) is 0 Å². The number of carbonyl (C=O) groups is 2. The number of halogens is 1. The van der Waals surface area contributed by atoms with Crippen LogP contribution in [0.25, 0.3) is 0 Å². The molecule has 2 rings (SSSR count). The standard InChI is InChI=1S/C14H15ClN2O3/c1-8-3-5-9(6-4-8)12-11(13(18)20-2)10(7-15)16-14(19)17-12/h3-6,12H,7H2,1-2H3,(H2,16,17,19)/t12-/m0/s1. The minimum Gasteiger partial charge on any atom is -0.466 e. The van der Waals surface area contributed by atoms with Crippen molar-refractivity contribution in [3.8, 4) is 0 Å². The monoisotopic (exact) mass is 294 g/mol. The van der Waals surface area contributed by atoms with Gasteiger partial charge in [-0.2, -0.15) is 0 Å². The first kappa shape index (κ1) is 14.4. The quantitative estimate of drug-likeness (QED) is 0.662. The fraction of sp³-hybridized carbons (Fsp3) is 0.286. The van der Waals surface area contributed by atoms with E-state index in [2.05, 4.69) is 10.6 Å². The molecule has 0 saturated carbocycles. The van der Waals surface area contributed by atoms with Crippen molar-refractivity contribution in [3.63, 3.8) is 0 Å². The van der Waals surface area contributed by atoms with Crippen molar-refractivity contribution in [1.29, 1.82) is 0 Å². The smallest absolute Gasteiger partial charge is 0.338 e. The zero-order chi connectivity index (χ0) is 14.7. The van der Waals surface area contributed by atoms with Gasteiger partial charge >= 0.3 is 12.0 Å². The molecule has 6 heteroatoms. The summed E-state index contributed by atoms with van der Waals surface area (Å²) in [5, 5.41) is 5.25. The highest BCUT2D eigenvalue weighted by Crippen LogP contribution is 2.28. The molecule has 0 unspecified atom stereocenters. The molecule has 1 aromatic rings. The predicted octanol–water partition coefficient (Wildman–Crippen LogP) is 2.01. The molecule has 2 N–H and O–H groups in total. The van der Waals surface area contributed by atoms with Gasteiger partial charge in [-0.3, -0.25) is 0 Å². The second-order valence-electron chi connectivity index (χ2n) is 4.46. The molecule has 0 aliphatic carbocycles. The Morgan fingerprint density at radius 1 is 1.35 bits per heavy atom. The van der Waals surface area contributed by atoms with E-state index >= 15 is 0 Å². The number of amides is 2. The highest BCUT2D eigenvalue weighted by atomic mass is 35.5. The molecule has 20 heavy (non-hydrogen) atoms. The molecule has 0 saturated heterocycles. The van der Waals surface area contributed by atoms with E-state index in [1.165, 1.54) is 7.11 Å². The number of esters is 1. The largest absolute Gasteiger partial charge is 0.466 e. The summed E-state index contributed by atoms with van der Waals surface area (Å²) in [5.74, 6) is -0.487. The third kappa shape index (κ3) is 2.77. The van der Waals surface area contributed by atoms with Crippen LogP contribution >= 0.6 is 11.6 Å². The number of carbonyl (C=O) groups excluding carboxylic acids is 2. The molecule has 1 atom stereocenters. The van der Waals surface area contributed by atoms with Crippen LogP contribution < -0.4 is 10.6 Å². The lowest BCUT2D eigenvalue weighted by Crippen LogP contribution is -2.46. The molecule has 0 bridgehead atoms. The normalized spacial score (nSPS) is 18.4. The van der Waals surface area contributed by atoms with Gasteiger partial charge in [0.25, 0.3) is 0 Å². The molecule has 1 aliphatic heterocycles. The Labute approximate surface area is 121 Å². The fourth-order valence-corrected chi connectivity index (χ4v) is 2.29. The maximum absolute atomic E-state index is 12.0. The Bertz CT molecular complexity index is 566. The van der Waals surface area contributed by atoms with E-state index in [1.807, 2.05) is 31.2 Å². The lowest BCUT2D eigenvalue weighted by atomic mass is 9.95. The molecule has 0 fully saturated rings. The highest BCUT2D eigenvalue weighted by Gasteiger charge is 2.32. The van der Waals surface area contributed by atoms with Gasteiger partial charge in [-0.05, 0) is 12.5 Å². The van der Waals surface area contributed by atoms with E-state index in [0.717, 1.165) is 11.1 Å². The molecule has 0 aromatic heterocycles. The van der Waals surface area contributed by atoms with Crippen LogP contribution in [0.5, 0.6) is 0 Å². The first-order valence-electron chi connectivity index (χ1n) is 6.08. The third-order valence-corrected chi connectivity index (χ3v) is 3.37. The zero-order valence-corrected chi connectivity index (χ0v) is 12.0. The van der Waals surface area contributed by atoms with Crippen LogP contribution in [0.15, 0.2) is 35.5 Å². The van der Waals surface area contributed by atoms with Crippen LogP contribution in [0.1, 0.15) is 17.2 Å². The first-order valence-corrected chi connectivity index (χ1v) is 6.61. The average molecular weight is 295 g/mol. The predicted molar refractivity (Wildman–Crippen MR) is 75.3 cm³/mol. The van der Waals surface area contributed by atoms with Crippen molar-refractivity contribution in [2.45, 2.75) is 13.0 Å². The van der Waals surface area contributed by atoms with Gasteiger partial charge in [-0.25, -0.2) is 9.59 Å². The minimum atomic E-state index is -0.564. The van der Waals surface area contributed by atoms with Gasteiger partial charge in [0.15, 0.2) is 0 Å². The Hall–Kier alpha value is -2.01. The topological polar surface area (TPSA) is 67.4 Å². The summed E-state index contributed by atoms with van der Waals surface area (Å²) in [7, 11) is 1.30. The van der Waals surface area contributed by atoms with Gasteiger partial charge in [0.2, 0.25) is 0 Å². The molecule has 0 spiro atoms. The fourth-order valence-electron chi connectivity index (χ4n) is 2.08. The van der Waals surface area contributed by atoms with Crippen molar-refractivity contribution >= 4 is 23.6 Å². The molecule has 1 aliphatic rings. The van der Waals surface area contributed by atoms with Gasteiger partial charge in [0.05, 0.1) is 24.6 Å². The Morgan fingerprint density at radius 2 is 2.00 bits per heavy atom. The molecule has 106 valence electrons. The lowest BCUT2D eigenvalue weighted by Gasteiger charge is -2.28. The van der Waals surface area contributed by atoms with Gasteiger partial charge in [-0.1, -0.05) is 29.8 Å². The number of allylic oxidation sites excluding steroid dienone is 1. The first-order chi connectivity index (χ1) is 9.56. The summed E-state index contributed by atoms with van der Waals surface area (Å²) in [4.78, 5) is 23.6. The van der Waals surface area contributed by atoms with Crippen LogP contribution in [0.4, 0.5) is 4.79 Å². The van der Waals surface area contributed by atoms with E-state index in [1.54, 1.807) is 0 Å². The highest BCUT2D eigenvalue weighted by molar-refractivity contribution is 6.20. The molecular formula is C14H15ClN2O3. The van der Waals surface area contributed by atoms with E-state index in [4.69, 9.17) is 16.3 Å². The number of rotatable bonds is 3. The van der Waals surface area contributed by atoms with Gasteiger partial charge in [-0.15, -0.1) is 11.6 Å². The van der Waals surface area contributed by atoms with Crippen molar-refractivity contribution in [2.24, 2.45) is 0 Å². The van der Waals surface area contributed by atoms with Gasteiger partial charge < -0.3 is 15.4 Å². The Morgan fingerprint density at radius 3 is 2.55 bits per heavy atom. The van der Waals surface area contributed by atoms with Gasteiger partial charge in [0, 0.05) is 5.70 Å². The maximum Gasteiger partial charge on any atom is 0.338 e. The van der Waals surface area contributed by atoms with Crippen molar-refractivity contribution < 1.29 is 14.3 Å². The van der Waals surface area contributed by atoms with E-state index in [-0.39, 0.29) is 11.9 Å². The summed E-state index contributed by atoms with van der Waals surface area (Å²) < 4.78 is 4.79. The number of urea groups is 1. The molecule has 1 heterocycles. The summed E-state index contributed by atoms with van der Waals surface area (Å²) >= 11 is 5.81. The molecule has 1 aromatic carbocycles. The minimum absolute atomic E-state index is 0.0280. The molecule has 0 radical (unpaired) electrons.